The summed E-state index contributed by atoms with van der Waals surface area (Å²) >= 11 is 12.5. The molecule has 1 aliphatic carbocycles. The van der Waals surface area contributed by atoms with Gasteiger partial charge in [0.05, 0.1) is 10.4 Å². The first kappa shape index (κ1) is 14.9. The minimum Gasteiger partial charge on any atom is -0.409 e. The summed E-state index contributed by atoms with van der Waals surface area (Å²) in [7, 11) is -3.86. The van der Waals surface area contributed by atoms with Gasteiger partial charge in [0.25, 0.3) is 0 Å². The van der Waals surface area contributed by atoms with Crippen LogP contribution in [0.4, 0.5) is 0 Å². The van der Waals surface area contributed by atoms with Crippen LogP contribution in [0, 0.1) is 5.92 Å². The van der Waals surface area contributed by atoms with Crippen molar-refractivity contribution in [1.29, 1.82) is 0 Å². The minimum absolute atomic E-state index is 0.0403. The zero-order valence-electron chi connectivity index (χ0n) is 9.51. The van der Waals surface area contributed by atoms with Crippen LogP contribution in [0.5, 0.6) is 0 Å². The molecular formula is C9H11Cl2N3O3S2. The molecule has 0 spiro atoms. The van der Waals surface area contributed by atoms with E-state index in [-0.39, 0.29) is 25.3 Å². The van der Waals surface area contributed by atoms with Crippen LogP contribution in [0.25, 0.3) is 0 Å². The van der Waals surface area contributed by atoms with Crippen LogP contribution >= 0.6 is 34.5 Å². The molecule has 1 saturated carbocycles. The monoisotopic (exact) mass is 343 g/mol. The molecular weight excluding hydrogens is 333 g/mol. The molecule has 0 bridgehead atoms. The van der Waals surface area contributed by atoms with Crippen LogP contribution in [0.15, 0.2) is 16.1 Å². The number of nitrogens with two attached hydrogens (primary N) is 1. The SMILES string of the molecule is NC(=NO)C(NS(=O)(=O)c1cc(Cl)sc1Cl)C1CC1. The van der Waals surface area contributed by atoms with Crippen LogP contribution in [-0.2, 0) is 10.0 Å². The molecule has 1 aliphatic rings. The van der Waals surface area contributed by atoms with Crippen LogP contribution < -0.4 is 10.5 Å². The molecule has 19 heavy (non-hydrogen) atoms. The Hall–Kier alpha value is -0.540. The Morgan fingerprint density at radius 2 is 2.21 bits per heavy atom. The van der Waals surface area contributed by atoms with Gasteiger partial charge in [0.2, 0.25) is 10.0 Å². The molecule has 0 saturated heterocycles. The molecule has 10 heteroatoms. The third-order valence-corrected chi connectivity index (χ3v) is 5.92. The highest BCUT2D eigenvalue weighted by molar-refractivity contribution is 7.89. The second-order valence-corrected chi connectivity index (χ2v) is 8.12. The number of hydrogen-bond acceptors (Lipinski definition) is 5. The summed E-state index contributed by atoms with van der Waals surface area (Å²) in [5, 5.41) is 11.6. The fourth-order valence-electron chi connectivity index (χ4n) is 1.63. The highest BCUT2D eigenvalue weighted by atomic mass is 35.5. The van der Waals surface area contributed by atoms with Crippen molar-refractivity contribution in [3.05, 3.63) is 14.7 Å². The molecule has 0 radical (unpaired) electrons. The molecule has 1 unspecified atom stereocenters. The van der Waals surface area contributed by atoms with Gasteiger partial charge < -0.3 is 10.9 Å². The Morgan fingerprint density at radius 3 is 2.63 bits per heavy atom. The van der Waals surface area contributed by atoms with E-state index in [9.17, 15) is 8.42 Å². The van der Waals surface area contributed by atoms with E-state index in [0.717, 1.165) is 24.2 Å². The molecule has 6 nitrogen and oxygen atoms in total. The van der Waals surface area contributed by atoms with Crippen LogP contribution in [0.3, 0.4) is 0 Å². The van der Waals surface area contributed by atoms with E-state index in [1.54, 1.807) is 0 Å². The zero-order valence-corrected chi connectivity index (χ0v) is 12.7. The standard InChI is InChI=1S/C9H11Cl2N3O3S2/c10-6-3-5(8(11)18-6)19(16,17)14-7(4-1-2-4)9(12)13-15/h3-4,7,14-15H,1-2H2,(H2,12,13). The summed E-state index contributed by atoms with van der Waals surface area (Å²) in [6, 6.07) is 0.539. The van der Waals surface area contributed by atoms with Crippen LogP contribution in [-0.4, -0.2) is 25.5 Å². The van der Waals surface area contributed by atoms with Crippen molar-refractivity contribution in [3.8, 4) is 0 Å². The van der Waals surface area contributed by atoms with Gasteiger partial charge in [-0.3, -0.25) is 0 Å². The molecule has 0 amide bonds. The second-order valence-electron chi connectivity index (χ2n) is 4.15. The quantitative estimate of drug-likeness (QED) is 0.328. The van der Waals surface area contributed by atoms with Gasteiger partial charge in [0.15, 0.2) is 5.84 Å². The van der Waals surface area contributed by atoms with Crippen molar-refractivity contribution in [2.24, 2.45) is 16.8 Å². The number of hydrogen-bond donors (Lipinski definition) is 3. The minimum atomic E-state index is -3.86. The maximum Gasteiger partial charge on any atom is 0.243 e. The maximum absolute atomic E-state index is 12.2. The van der Waals surface area contributed by atoms with E-state index in [1.807, 2.05) is 0 Å². The Balaban J connectivity index is 2.27. The third kappa shape index (κ3) is 3.32. The molecule has 1 fully saturated rings. The average Bonchev–Trinajstić information content (AvgIpc) is 3.10. The average molecular weight is 344 g/mol. The van der Waals surface area contributed by atoms with Crippen molar-refractivity contribution in [3.63, 3.8) is 0 Å². The number of oxime groups is 1. The molecule has 0 aromatic carbocycles. The molecule has 1 aromatic rings. The molecule has 4 N–H and O–H groups in total. The highest BCUT2D eigenvalue weighted by Crippen LogP contribution is 2.36. The van der Waals surface area contributed by atoms with Gasteiger partial charge in [0.1, 0.15) is 9.23 Å². The number of amidine groups is 1. The molecule has 106 valence electrons. The summed E-state index contributed by atoms with van der Waals surface area (Å²) in [5.41, 5.74) is 5.50. The third-order valence-electron chi connectivity index (χ3n) is 2.72. The van der Waals surface area contributed by atoms with Gasteiger partial charge in [0, 0.05) is 0 Å². The van der Waals surface area contributed by atoms with Gasteiger partial charge in [-0.25, -0.2) is 13.1 Å². The molecule has 1 heterocycles. The summed E-state index contributed by atoms with van der Waals surface area (Å²) < 4.78 is 27.1. The van der Waals surface area contributed by atoms with E-state index in [4.69, 9.17) is 34.1 Å². The van der Waals surface area contributed by atoms with E-state index in [0.29, 0.717) is 0 Å². The smallest absolute Gasteiger partial charge is 0.243 e. The second kappa shape index (κ2) is 5.45. The van der Waals surface area contributed by atoms with E-state index >= 15 is 0 Å². The van der Waals surface area contributed by atoms with Gasteiger partial charge in [-0.05, 0) is 24.8 Å². The lowest BCUT2D eigenvalue weighted by Crippen LogP contribution is -2.45. The van der Waals surface area contributed by atoms with Crippen molar-refractivity contribution in [2.45, 2.75) is 23.8 Å². The van der Waals surface area contributed by atoms with Gasteiger partial charge in [-0.1, -0.05) is 28.4 Å². The molecule has 1 aromatic heterocycles. The van der Waals surface area contributed by atoms with E-state index in [2.05, 4.69) is 9.88 Å². The summed E-state index contributed by atoms with van der Waals surface area (Å²) in [5.74, 6) is -0.123. The zero-order chi connectivity index (χ0) is 14.2. The molecule has 1 atom stereocenters. The van der Waals surface area contributed by atoms with E-state index in [1.165, 1.54) is 6.07 Å². The first-order chi connectivity index (χ1) is 8.85. The Kier molecular flexibility index (Phi) is 4.26. The Labute approximate surface area is 124 Å². The highest BCUT2D eigenvalue weighted by Gasteiger charge is 2.38. The Morgan fingerprint density at radius 1 is 1.58 bits per heavy atom. The lowest BCUT2D eigenvalue weighted by Gasteiger charge is -2.16. The van der Waals surface area contributed by atoms with Crippen molar-refractivity contribution in [1.82, 2.24) is 4.72 Å². The number of rotatable bonds is 5. The van der Waals surface area contributed by atoms with Gasteiger partial charge >= 0.3 is 0 Å². The lowest BCUT2D eigenvalue weighted by molar-refractivity contribution is 0.314. The predicted octanol–water partition coefficient (Wildman–Crippen LogP) is 1.86. The molecule has 2 rings (SSSR count). The number of nitrogens with zero attached hydrogens (tertiary/aromatic N) is 1. The summed E-state index contributed by atoms with van der Waals surface area (Å²) in [6.45, 7) is 0. The van der Waals surface area contributed by atoms with Crippen molar-refractivity contribution < 1.29 is 13.6 Å². The number of halogens is 2. The fraction of sp³-hybridized carbons (Fsp3) is 0.444. The largest absolute Gasteiger partial charge is 0.409 e. The van der Waals surface area contributed by atoms with E-state index < -0.39 is 16.1 Å². The lowest BCUT2D eigenvalue weighted by atomic mass is 10.2. The maximum atomic E-state index is 12.2. The Bertz CT molecular complexity index is 610. The summed E-state index contributed by atoms with van der Waals surface area (Å²) in [4.78, 5) is -0.0967. The topological polar surface area (TPSA) is 105 Å². The fourth-order valence-corrected chi connectivity index (χ4v) is 5.06. The normalized spacial score (nSPS) is 18.5. The number of nitrogens with one attached hydrogen (secondary N) is 1. The predicted molar refractivity (Wildman–Crippen MR) is 74.6 cm³/mol. The van der Waals surface area contributed by atoms with Crippen molar-refractivity contribution >= 4 is 50.4 Å². The molecule has 0 aliphatic heterocycles. The summed E-state index contributed by atoms with van der Waals surface area (Å²) in [6.07, 6.45) is 1.64. The van der Waals surface area contributed by atoms with Gasteiger partial charge in [-0.15, -0.1) is 11.3 Å². The van der Waals surface area contributed by atoms with Crippen LogP contribution in [0.1, 0.15) is 12.8 Å². The van der Waals surface area contributed by atoms with Gasteiger partial charge in [-0.2, -0.15) is 0 Å². The number of thiophene rings is 1. The number of sulfonamides is 1. The van der Waals surface area contributed by atoms with Crippen LogP contribution in [0.2, 0.25) is 8.67 Å². The first-order valence-corrected chi connectivity index (χ1v) is 8.35. The first-order valence-electron chi connectivity index (χ1n) is 5.29. The van der Waals surface area contributed by atoms with Crippen molar-refractivity contribution in [2.75, 3.05) is 0 Å².